The van der Waals surface area contributed by atoms with Crippen molar-refractivity contribution in [3.63, 3.8) is 0 Å². The van der Waals surface area contributed by atoms with Gasteiger partial charge >= 0.3 is 0 Å². The molecule has 0 aliphatic rings. The van der Waals surface area contributed by atoms with Gasteiger partial charge in [0.15, 0.2) is 0 Å². The van der Waals surface area contributed by atoms with Gasteiger partial charge in [-0.15, -0.1) is 0 Å². The van der Waals surface area contributed by atoms with Crippen molar-refractivity contribution in [2.24, 2.45) is 0 Å². The normalized spacial score (nSPS) is 10.2. The second-order valence-electron chi connectivity index (χ2n) is 2.86. The number of anilines is 1. The summed E-state index contributed by atoms with van der Waals surface area (Å²) in [4.78, 5) is 11.0. The topological polar surface area (TPSA) is 67.6 Å². The third-order valence-electron chi connectivity index (χ3n) is 1.86. The Bertz CT molecular complexity index is 406. The first-order valence-corrected chi connectivity index (χ1v) is 3.99. The van der Waals surface area contributed by atoms with Crippen LogP contribution >= 0.6 is 0 Å². The largest absolute Gasteiger partial charge is 0.368 e. The van der Waals surface area contributed by atoms with E-state index < -0.39 is 0 Å². The molecule has 2 heterocycles. The van der Waals surface area contributed by atoms with Crippen LogP contribution in [0.5, 0.6) is 0 Å². The van der Waals surface area contributed by atoms with Crippen LogP contribution in [0, 0.1) is 6.92 Å². The first kappa shape index (κ1) is 7.79. The Morgan fingerprint density at radius 1 is 1.46 bits per heavy atom. The summed E-state index contributed by atoms with van der Waals surface area (Å²) in [6.07, 6.45) is 5.46. The van der Waals surface area contributed by atoms with Crippen molar-refractivity contribution in [1.82, 2.24) is 15.0 Å². The zero-order chi connectivity index (χ0) is 9.26. The minimum Gasteiger partial charge on any atom is -0.368 e. The molecule has 66 valence electrons. The summed E-state index contributed by atoms with van der Waals surface area (Å²) in [6, 6.07) is 1.95. The number of H-pyrrole nitrogens is 1. The van der Waals surface area contributed by atoms with Gasteiger partial charge in [-0.1, -0.05) is 0 Å². The van der Waals surface area contributed by atoms with Crippen molar-refractivity contribution in [2.75, 3.05) is 5.73 Å². The molecule has 0 aliphatic heterocycles. The third kappa shape index (κ3) is 1.38. The molecule has 0 saturated heterocycles. The fourth-order valence-electron chi connectivity index (χ4n) is 1.22. The molecule has 2 aromatic heterocycles. The average Bonchev–Trinajstić information content (AvgIpc) is 2.61. The van der Waals surface area contributed by atoms with Gasteiger partial charge < -0.3 is 10.7 Å². The molecule has 0 spiro atoms. The zero-order valence-corrected chi connectivity index (χ0v) is 7.28. The molecule has 13 heavy (non-hydrogen) atoms. The first-order chi connectivity index (χ1) is 6.27. The van der Waals surface area contributed by atoms with Crippen molar-refractivity contribution in [3.05, 3.63) is 30.2 Å². The number of nitrogens with two attached hydrogens (primary N) is 1. The van der Waals surface area contributed by atoms with Gasteiger partial charge in [-0.2, -0.15) is 0 Å². The van der Waals surface area contributed by atoms with Crippen LogP contribution in [0.15, 0.2) is 24.7 Å². The molecule has 0 unspecified atom stereocenters. The number of hydrogen-bond donors (Lipinski definition) is 2. The Labute approximate surface area is 75.8 Å². The number of nitrogen functional groups attached to an aromatic ring is 1. The maximum Gasteiger partial charge on any atom is 0.220 e. The summed E-state index contributed by atoms with van der Waals surface area (Å²) in [5, 5.41) is 0. The smallest absolute Gasteiger partial charge is 0.220 e. The lowest BCUT2D eigenvalue weighted by molar-refractivity contribution is 1.15. The Morgan fingerprint density at radius 3 is 3.00 bits per heavy atom. The second-order valence-corrected chi connectivity index (χ2v) is 2.86. The summed E-state index contributed by atoms with van der Waals surface area (Å²) >= 11 is 0. The molecule has 2 aromatic rings. The fourth-order valence-corrected chi connectivity index (χ4v) is 1.22. The Morgan fingerprint density at radius 2 is 2.31 bits per heavy atom. The molecule has 2 rings (SSSR count). The quantitative estimate of drug-likeness (QED) is 0.686. The molecule has 0 aliphatic carbocycles. The monoisotopic (exact) mass is 174 g/mol. The van der Waals surface area contributed by atoms with Gasteiger partial charge in [-0.05, 0) is 18.6 Å². The van der Waals surface area contributed by atoms with Gasteiger partial charge in [0.05, 0.1) is 5.69 Å². The van der Waals surface area contributed by atoms with E-state index in [2.05, 4.69) is 15.0 Å². The van der Waals surface area contributed by atoms with Gasteiger partial charge in [0.1, 0.15) is 0 Å². The summed E-state index contributed by atoms with van der Waals surface area (Å²) in [5.74, 6) is 0.307. The van der Waals surface area contributed by atoms with Crippen LogP contribution < -0.4 is 5.73 Å². The molecular weight excluding hydrogens is 164 g/mol. The number of rotatable bonds is 1. The standard InChI is InChI=1S/C9H10N4/c1-6-4-12-9(10)13-8(6)7-2-3-11-5-7/h2-5,11H,1H3,(H2,10,12,13). The van der Waals surface area contributed by atoms with Crippen molar-refractivity contribution in [1.29, 1.82) is 0 Å². The Kier molecular flexibility index (Phi) is 1.73. The van der Waals surface area contributed by atoms with Crippen LogP contribution in [0.1, 0.15) is 5.56 Å². The lowest BCUT2D eigenvalue weighted by Gasteiger charge is -2.01. The van der Waals surface area contributed by atoms with Gasteiger partial charge in [-0.3, -0.25) is 0 Å². The molecule has 0 radical (unpaired) electrons. The van der Waals surface area contributed by atoms with Crippen molar-refractivity contribution in [3.8, 4) is 11.3 Å². The highest BCUT2D eigenvalue weighted by molar-refractivity contribution is 5.62. The van der Waals surface area contributed by atoms with Crippen LogP contribution in [0.2, 0.25) is 0 Å². The lowest BCUT2D eigenvalue weighted by Crippen LogP contribution is -1.97. The molecule has 0 bridgehead atoms. The Balaban J connectivity index is 2.57. The minimum atomic E-state index is 0.307. The zero-order valence-electron chi connectivity index (χ0n) is 7.28. The van der Waals surface area contributed by atoms with Gasteiger partial charge in [-0.25, -0.2) is 9.97 Å². The number of aromatic nitrogens is 3. The molecule has 0 amide bonds. The number of nitrogens with one attached hydrogen (secondary N) is 1. The highest BCUT2D eigenvalue weighted by atomic mass is 15.0. The second kappa shape index (κ2) is 2.90. The van der Waals surface area contributed by atoms with Crippen LogP contribution in [-0.2, 0) is 0 Å². The van der Waals surface area contributed by atoms with Crippen LogP contribution in [0.4, 0.5) is 5.95 Å². The van der Waals surface area contributed by atoms with Crippen molar-refractivity contribution >= 4 is 5.95 Å². The number of hydrogen-bond acceptors (Lipinski definition) is 3. The maximum absolute atomic E-state index is 5.50. The van der Waals surface area contributed by atoms with E-state index in [4.69, 9.17) is 5.73 Å². The van der Waals surface area contributed by atoms with Gasteiger partial charge in [0.2, 0.25) is 5.95 Å². The molecule has 4 heteroatoms. The molecular formula is C9H10N4. The average molecular weight is 174 g/mol. The van der Waals surface area contributed by atoms with E-state index in [1.54, 1.807) is 6.20 Å². The lowest BCUT2D eigenvalue weighted by atomic mass is 10.1. The van der Waals surface area contributed by atoms with Crippen LogP contribution in [-0.4, -0.2) is 15.0 Å². The van der Waals surface area contributed by atoms with Crippen molar-refractivity contribution in [2.45, 2.75) is 6.92 Å². The Hall–Kier alpha value is -1.84. The van der Waals surface area contributed by atoms with Crippen LogP contribution in [0.3, 0.4) is 0 Å². The van der Waals surface area contributed by atoms with Crippen molar-refractivity contribution < 1.29 is 0 Å². The molecule has 4 nitrogen and oxygen atoms in total. The highest BCUT2D eigenvalue weighted by Crippen LogP contribution is 2.19. The van der Waals surface area contributed by atoms with Crippen LogP contribution in [0.25, 0.3) is 11.3 Å². The van der Waals surface area contributed by atoms with Gasteiger partial charge in [0, 0.05) is 24.2 Å². The molecule has 0 fully saturated rings. The molecule has 0 saturated carbocycles. The minimum absolute atomic E-state index is 0.307. The predicted octanol–water partition coefficient (Wildman–Crippen LogP) is 1.36. The third-order valence-corrected chi connectivity index (χ3v) is 1.86. The maximum atomic E-state index is 5.50. The molecule has 0 aromatic carbocycles. The summed E-state index contributed by atoms with van der Waals surface area (Å²) in [7, 11) is 0. The van der Waals surface area contributed by atoms with E-state index in [0.717, 1.165) is 16.8 Å². The van der Waals surface area contributed by atoms with Gasteiger partial charge in [0.25, 0.3) is 0 Å². The SMILES string of the molecule is Cc1cnc(N)nc1-c1cc[nH]c1. The fraction of sp³-hybridized carbons (Fsp3) is 0.111. The van der Waals surface area contributed by atoms with E-state index >= 15 is 0 Å². The number of aromatic amines is 1. The van der Waals surface area contributed by atoms with E-state index in [1.165, 1.54) is 0 Å². The summed E-state index contributed by atoms with van der Waals surface area (Å²) in [5.41, 5.74) is 8.44. The highest BCUT2D eigenvalue weighted by Gasteiger charge is 2.04. The molecule has 3 N–H and O–H groups in total. The first-order valence-electron chi connectivity index (χ1n) is 3.99. The van der Waals surface area contributed by atoms with E-state index in [-0.39, 0.29) is 0 Å². The predicted molar refractivity (Wildman–Crippen MR) is 51.0 cm³/mol. The van der Waals surface area contributed by atoms with E-state index in [0.29, 0.717) is 5.95 Å². The van der Waals surface area contributed by atoms with E-state index in [9.17, 15) is 0 Å². The summed E-state index contributed by atoms with van der Waals surface area (Å²) < 4.78 is 0. The van der Waals surface area contributed by atoms with E-state index in [1.807, 2.05) is 25.4 Å². The summed E-state index contributed by atoms with van der Waals surface area (Å²) in [6.45, 7) is 1.96. The molecule has 0 atom stereocenters. The number of nitrogens with zero attached hydrogens (tertiary/aromatic N) is 2. The number of aryl methyl sites for hydroxylation is 1.